The van der Waals surface area contributed by atoms with E-state index >= 15 is 0 Å². The Labute approximate surface area is 116 Å². The lowest BCUT2D eigenvalue weighted by atomic mass is 9.86. The molecule has 5 heteroatoms. The summed E-state index contributed by atoms with van der Waals surface area (Å²) in [6, 6.07) is 0.586. The van der Waals surface area contributed by atoms with Crippen LogP contribution in [0, 0.1) is 5.92 Å². The highest BCUT2D eigenvalue weighted by atomic mass is 35.5. The highest BCUT2D eigenvalue weighted by Crippen LogP contribution is 2.23. The van der Waals surface area contributed by atoms with Crippen molar-refractivity contribution in [2.24, 2.45) is 5.92 Å². The molecule has 3 atom stereocenters. The average molecular weight is 277 g/mol. The zero-order valence-corrected chi connectivity index (χ0v) is 11.9. The van der Waals surface area contributed by atoms with Crippen LogP contribution in [-0.2, 0) is 9.53 Å². The van der Waals surface area contributed by atoms with Crippen LogP contribution < -0.4 is 10.6 Å². The van der Waals surface area contributed by atoms with Gasteiger partial charge in [-0.3, -0.25) is 4.79 Å². The summed E-state index contributed by atoms with van der Waals surface area (Å²) in [5.41, 5.74) is 0. The molecule has 1 aliphatic heterocycles. The molecule has 0 bridgehead atoms. The fourth-order valence-corrected chi connectivity index (χ4v) is 2.77. The highest BCUT2D eigenvalue weighted by molar-refractivity contribution is 5.85. The molecule has 4 nitrogen and oxygen atoms in total. The van der Waals surface area contributed by atoms with E-state index in [0.717, 1.165) is 19.6 Å². The maximum Gasteiger partial charge on any atom is 0.221 e. The summed E-state index contributed by atoms with van der Waals surface area (Å²) in [4.78, 5) is 11.9. The van der Waals surface area contributed by atoms with Crippen LogP contribution >= 0.6 is 12.4 Å². The van der Waals surface area contributed by atoms with E-state index in [4.69, 9.17) is 4.74 Å². The summed E-state index contributed by atoms with van der Waals surface area (Å²) in [6.45, 7) is 4.52. The minimum atomic E-state index is 0. The molecule has 2 rings (SSSR count). The molecule has 1 saturated heterocycles. The van der Waals surface area contributed by atoms with E-state index in [0.29, 0.717) is 25.0 Å². The Kier molecular flexibility index (Phi) is 6.97. The van der Waals surface area contributed by atoms with E-state index in [9.17, 15) is 4.79 Å². The predicted molar refractivity (Wildman–Crippen MR) is 74.0 cm³/mol. The third-order valence-corrected chi connectivity index (χ3v) is 3.89. The second kappa shape index (κ2) is 7.97. The first-order valence-corrected chi connectivity index (χ1v) is 6.86. The van der Waals surface area contributed by atoms with Gasteiger partial charge in [-0.25, -0.2) is 0 Å². The zero-order valence-electron chi connectivity index (χ0n) is 11.1. The monoisotopic (exact) mass is 276 g/mol. The fourth-order valence-electron chi connectivity index (χ4n) is 2.77. The summed E-state index contributed by atoms with van der Waals surface area (Å²) in [7, 11) is 0. The van der Waals surface area contributed by atoms with Crippen LogP contribution in [0.15, 0.2) is 0 Å². The van der Waals surface area contributed by atoms with Gasteiger partial charge in [0.2, 0.25) is 5.91 Å². The van der Waals surface area contributed by atoms with Crippen LogP contribution in [0.1, 0.15) is 39.0 Å². The lowest BCUT2D eigenvalue weighted by Gasteiger charge is -2.30. The van der Waals surface area contributed by atoms with E-state index in [1.54, 1.807) is 0 Å². The molecule has 0 spiro atoms. The van der Waals surface area contributed by atoms with Crippen LogP contribution in [0.2, 0.25) is 0 Å². The molecule has 106 valence electrons. The van der Waals surface area contributed by atoms with Gasteiger partial charge in [0.15, 0.2) is 0 Å². The normalized spacial score (nSPS) is 32.4. The molecule has 1 amide bonds. The Bertz CT molecular complexity index is 257. The van der Waals surface area contributed by atoms with Gasteiger partial charge in [0.25, 0.3) is 0 Å². The Hall–Kier alpha value is -0.320. The van der Waals surface area contributed by atoms with Gasteiger partial charge in [-0.1, -0.05) is 19.8 Å². The van der Waals surface area contributed by atoms with E-state index in [-0.39, 0.29) is 24.4 Å². The molecule has 1 saturated carbocycles. The van der Waals surface area contributed by atoms with Gasteiger partial charge >= 0.3 is 0 Å². The minimum Gasteiger partial charge on any atom is -0.378 e. The van der Waals surface area contributed by atoms with Crippen molar-refractivity contribution in [1.82, 2.24) is 10.6 Å². The molecule has 2 aliphatic rings. The molecular weight excluding hydrogens is 252 g/mol. The third-order valence-electron chi connectivity index (χ3n) is 3.89. The van der Waals surface area contributed by atoms with Gasteiger partial charge in [-0.15, -0.1) is 12.4 Å². The van der Waals surface area contributed by atoms with Crippen molar-refractivity contribution in [3.8, 4) is 0 Å². The lowest BCUT2D eigenvalue weighted by molar-refractivity contribution is -0.123. The minimum absolute atomic E-state index is 0. The Morgan fingerprint density at radius 2 is 2.17 bits per heavy atom. The first-order chi connectivity index (χ1) is 8.25. The molecule has 0 aromatic carbocycles. The molecule has 2 N–H and O–H groups in total. The van der Waals surface area contributed by atoms with Gasteiger partial charge in [-0.05, 0) is 18.8 Å². The molecule has 0 aromatic heterocycles. The quantitative estimate of drug-likeness (QED) is 0.821. The van der Waals surface area contributed by atoms with Gasteiger partial charge in [0, 0.05) is 25.0 Å². The Balaban J connectivity index is 0.00000162. The average Bonchev–Trinajstić information content (AvgIpc) is 2.33. The van der Waals surface area contributed by atoms with Crippen LogP contribution in [0.5, 0.6) is 0 Å². The standard InChI is InChI=1S/C13H24N2O2.ClH/c1-10-4-2-3-5-12(10)15-13(16)8-11-9-17-7-6-14-11;/h10-12,14H,2-9H2,1H3,(H,15,16);1H. The van der Waals surface area contributed by atoms with Gasteiger partial charge in [-0.2, -0.15) is 0 Å². The number of halogens is 1. The summed E-state index contributed by atoms with van der Waals surface area (Å²) < 4.78 is 5.35. The molecular formula is C13H25ClN2O2. The van der Waals surface area contributed by atoms with Gasteiger partial charge < -0.3 is 15.4 Å². The SMILES string of the molecule is CC1CCCCC1NC(=O)CC1COCCN1.Cl. The molecule has 1 aliphatic carbocycles. The molecule has 1 heterocycles. The van der Waals surface area contributed by atoms with Crippen molar-refractivity contribution in [2.75, 3.05) is 19.8 Å². The van der Waals surface area contributed by atoms with Gasteiger partial charge in [0.1, 0.15) is 0 Å². The van der Waals surface area contributed by atoms with E-state index < -0.39 is 0 Å². The fraction of sp³-hybridized carbons (Fsp3) is 0.923. The smallest absolute Gasteiger partial charge is 0.221 e. The maximum atomic E-state index is 11.9. The number of carbonyl (C=O) groups is 1. The number of amides is 1. The van der Waals surface area contributed by atoms with Gasteiger partial charge in [0.05, 0.1) is 13.2 Å². The topological polar surface area (TPSA) is 50.4 Å². The molecule has 0 aromatic rings. The highest BCUT2D eigenvalue weighted by Gasteiger charge is 2.24. The van der Waals surface area contributed by atoms with Crippen molar-refractivity contribution in [3.05, 3.63) is 0 Å². The summed E-state index contributed by atoms with van der Waals surface area (Å²) in [6.07, 6.45) is 5.49. The van der Waals surface area contributed by atoms with Crippen molar-refractivity contribution < 1.29 is 9.53 Å². The van der Waals surface area contributed by atoms with Crippen LogP contribution in [0.4, 0.5) is 0 Å². The van der Waals surface area contributed by atoms with E-state index in [2.05, 4.69) is 17.6 Å². The second-order valence-electron chi connectivity index (χ2n) is 5.37. The maximum absolute atomic E-state index is 11.9. The van der Waals surface area contributed by atoms with E-state index in [1.807, 2.05) is 0 Å². The Morgan fingerprint density at radius 3 is 2.83 bits per heavy atom. The number of nitrogens with one attached hydrogen (secondary N) is 2. The largest absolute Gasteiger partial charge is 0.378 e. The molecule has 0 radical (unpaired) electrons. The zero-order chi connectivity index (χ0) is 12.1. The molecule has 18 heavy (non-hydrogen) atoms. The summed E-state index contributed by atoms with van der Waals surface area (Å²) >= 11 is 0. The van der Waals surface area contributed by atoms with Crippen molar-refractivity contribution >= 4 is 18.3 Å². The number of hydrogen-bond donors (Lipinski definition) is 2. The Morgan fingerprint density at radius 1 is 1.39 bits per heavy atom. The summed E-state index contributed by atoms with van der Waals surface area (Å²) in [5, 5.41) is 6.49. The number of carbonyl (C=O) groups excluding carboxylic acids is 1. The second-order valence-corrected chi connectivity index (χ2v) is 5.37. The van der Waals surface area contributed by atoms with Crippen molar-refractivity contribution in [3.63, 3.8) is 0 Å². The van der Waals surface area contributed by atoms with Crippen molar-refractivity contribution in [1.29, 1.82) is 0 Å². The van der Waals surface area contributed by atoms with E-state index in [1.165, 1.54) is 19.3 Å². The predicted octanol–water partition coefficient (Wildman–Crippen LogP) is 1.48. The third kappa shape index (κ3) is 4.75. The lowest BCUT2D eigenvalue weighted by Crippen LogP contribution is -2.47. The first kappa shape index (κ1) is 15.7. The van der Waals surface area contributed by atoms with Crippen LogP contribution in [0.3, 0.4) is 0 Å². The number of rotatable bonds is 3. The van der Waals surface area contributed by atoms with Crippen molar-refractivity contribution in [2.45, 2.75) is 51.1 Å². The molecule has 2 fully saturated rings. The number of morpholine rings is 1. The molecule has 3 unspecified atom stereocenters. The number of hydrogen-bond acceptors (Lipinski definition) is 3. The van der Waals surface area contributed by atoms with Crippen LogP contribution in [-0.4, -0.2) is 37.7 Å². The summed E-state index contributed by atoms with van der Waals surface area (Å²) in [5.74, 6) is 0.801. The van der Waals surface area contributed by atoms with Crippen LogP contribution in [0.25, 0.3) is 0 Å². The number of ether oxygens (including phenoxy) is 1. The first-order valence-electron chi connectivity index (χ1n) is 6.86.